The van der Waals surface area contributed by atoms with Gasteiger partial charge in [-0.2, -0.15) is 0 Å². The standard InChI is InChI=1S/C17H15BrN2O/c1-11(19)14-8-7-13(10-15(14)18)21-16-6-2-4-12-5-3-9-20-17(12)16/h2-11H,19H2,1H3. The lowest BCUT2D eigenvalue weighted by Crippen LogP contribution is -2.05. The van der Waals surface area contributed by atoms with Crippen molar-refractivity contribution in [2.75, 3.05) is 0 Å². The Morgan fingerprint density at radius 2 is 1.95 bits per heavy atom. The molecule has 0 bridgehead atoms. The maximum Gasteiger partial charge on any atom is 0.153 e. The molecule has 0 aliphatic heterocycles. The van der Waals surface area contributed by atoms with Gasteiger partial charge in [0.1, 0.15) is 11.3 Å². The van der Waals surface area contributed by atoms with Crippen LogP contribution in [0, 0.1) is 0 Å². The summed E-state index contributed by atoms with van der Waals surface area (Å²) < 4.78 is 6.92. The Kier molecular flexibility index (Phi) is 3.90. The molecule has 1 heterocycles. The summed E-state index contributed by atoms with van der Waals surface area (Å²) in [6, 6.07) is 15.6. The number of fused-ring (bicyclic) bond motifs is 1. The van der Waals surface area contributed by atoms with Gasteiger partial charge >= 0.3 is 0 Å². The van der Waals surface area contributed by atoms with E-state index >= 15 is 0 Å². The molecular weight excluding hydrogens is 328 g/mol. The van der Waals surface area contributed by atoms with Gasteiger partial charge in [0.2, 0.25) is 0 Å². The molecule has 0 saturated carbocycles. The van der Waals surface area contributed by atoms with Crippen molar-refractivity contribution in [3.63, 3.8) is 0 Å². The molecule has 0 amide bonds. The number of hydrogen-bond donors (Lipinski definition) is 1. The Morgan fingerprint density at radius 3 is 2.71 bits per heavy atom. The van der Waals surface area contributed by atoms with Crippen LogP contribution in [-0.4, -0.2) is 4.98 Å². The number of nitrogens with zero attached hydrogens (tertiary/aromatic N) is 1. The Bertz CT molecular complexity index is 781. The summed E-state index contributed by atoms with van der Waals surface area (Å²) in [5.74, 6) is 1.50. The van der Waals surface area contributed by atoms with E-state index in [2.05, 4.69) is 20.9 Å². The Hall–Kier alpha value is -1.91. The summed E-state index contributed by atoms with van der Waals surface area (Å²) in [6.45, 7) is 1.95. The van der Waals surface area contributed by atoms with E-state index < -0.39 is 0 Å². The van der Waals surface area contributed by atoms with Gasteiger partial charge in [-0.05, 0) is 36.8 Å². The van der Waals surface area contributed by atoms with Crippen LogP contribution in [0.5, 0.6) is 11.5 Å². The predicted molar refractivity (Wildman–Crippen MR) is 88.6 cm³/mol. The number of ether oxygens (including phenoxy) is 1. The van der Waals surface area contributed by atoms with Gasteiger partial charge in [-0.25, -0.2) is 0 Å². The first kappa shape index (κ1) is 14.0. The second-order valence-electron chi connectivity index (χ2n) is 4.91. The van der Waals surface area contributed by atoms with Crippen LogP contribution >= 0.6 is 15.9 Å². The maximum atomic E-state index is 5.97. The third-order valence-electron chi connectivity index (χ3n) is 3.29. The smallest absolute Gasteiger partial charge is 0.153 e. The summed E-state index contributed by atoms with van der Waals surface area (Å²) >= 11 is 3.54. The monoisotopic (exact) mass is 342 g/mol. The molecule has 3 rings (SSSR count). The lowest BCUT2D eigenvalue weighted by atomic mass is 10.1. The van der Waals surface area contributed by atoms with Crippen LogP contribution in [0.1, 0.15) is 18.5 Å². The second kappa shape index (κ2) is 5.84. The second-order valence-corrected chi connectivity index (χ2v) is 5.76. The molecule has 1 unspecified atom stereocenters. The molecule has 106 valence electrons. The molecule has 2 aromatic carbocycles. The van der Waals surface area contributed by atoms with Crippen LogP contribution in [0.2, 0.25) is 0 Å². The first-order chi connectivity index (χ1) is 10.1. The topological polar surface area (TPSA) is 48.1 Å². The van der Waals surface area contributed by atoms with E-state index in [4.69, 9.17) is 10.5 Å². The number of pyridine rings is 1. The lowest BCUT2D eigenvalue weighted by Gasteiger charge is -2.12. The molecule has 3 aromatic rings. The van der Waals surface area contributed by atoms with Crippen molar-refractivity contribution < 1.29 is 4.74 Å². The van der Waals surface area contributed by atoms with E-state index in [1.807, 2.05) is 55.5 Å². The van der Waals surface area contributed by atoms with Crippen molar-refractivity contribution in [2.45, 2.75) is 13.0 Å². The van der Waals surface area contributed by atoms with E-state index in [0.717, 1.165) is 32.4 Å². The molecule has 3 nitrogen and oxygen atoms in total. The van der Waals surface area contributed by atoms with Gasteiger partial charge in [0.15, 0.2) is 5.75 Å². The fourth-order valence-electron chi connectivity index (χ4n) is 2.23. The zero-order chi connectivity index (χ0) is 14.8. The highest BCUT2D eigenvalue weighted by molar-refractivity contribution is 9.10. The zero-order valence-corrected chi connectivity index (χ0v) is 13.2. The third kappa shape index (κ3) is 2.91. The van der Waals surface area contributed by atoms with Crippen LogP contribution in [0.3, 0.4) is 0 Å². The summed E-state index contributed by atoms with van der Waals surface area (Å²) in [7, 11) is 0. The average Bonchev–Trinajstić information content (AvgIpc) is 2.47. The first-order valence-electron chi connectivity index (χ1n) is 6.72. The van der Waals surface area contributed by atoms with Gasteiger partial charge in [-0.1, -0.05) is 40.2 Å². The van der Waals surface area contributed by atoms with Gasteiger partial charge in [0, 0.05) is 22.1 Å². The van der Waals surface area contributed by atoms with Crippen LogP contribution in [0.4, 0.5) is 0 Å². The quantitative estimate of drug-likeness (QED) is 0.742. The van der Waals surface area contributed by atoms with Crippen molar-refractivity contribution >= 4 is 26.8 Å². The van der Waals surface area contributed by atoms with Crippen molar-refractivity contribution in [3.8, 4) is 11.5 Å². The minimum absolute atomic E-state index is 0.0207. The largest absolute Gasteiger partial charge is 0.455 e. The van der Waals surface area contributed by atoms with Gasteiger partial charge in [-0.3, -0.25) is 4.98 Å². The molecule has 0 aliphatic carbocycles. The highest BCUT2D eigenvalue weighted by Crippen LogP contribution is 2.32. The fraction of sp³-hybridized carbons (Fsp3) is 0.118. The molecule has 0 radical (unpaired) electrons. The minimum atomic E-state index is -0.0207. The highest BCUT2D eigenvalue weighted by Gasteiger charge is 2.08. The summed E-state index contributed by atoms with van der Waals surface area (Å²) in [4.78, 5) is 4.39. The van der Waals surface area contributed by atoms with Gasteiger partial charge < -0.3 is 10.5 Å². The first-order valence-corrected chi connectivity index (χ1v) is 7.51. The number of benzene rings is 2. The molecule has 21 heavy (non-hydrogen) atoms. The summed E-state index contributed by atoms with van der Waals surface area (Å²) in [5, 5.41) is 1.06. The molecule has 0 saturated heterocycles. The zero-order valence-electron chi connectivity index (χ0n) is 11.6. The van der Waals surface area contributed by atoms with E-state index in [0.29, 0.717) is 0 Å². The van der Waals surface area contributed by atoms with Crippen molar-refractivity contribution in [1.82, 2.24) is 4.98 Å². The van der Waals surface area contributed by atoms with Crippen LogP contribution in [0.25, 0.3) is 10.9 Å². The Balaban J connectivity index is 1.97. The maximum absolute atomic E-state index is 5.97. The molecular formula is C17H15BrN2O. The Labute approximate surface area is 131 Å². The number of para-hydroxylation sites is 1. The van der Waals surface area contributed by atoms with Crippen molar-refractivity contribution in [1.29, 1.82) is 0 Å². The normalized spacial score (nSPS) is 12.3. The fourth-order valence-corrected chi connectivity index (χ4v) is 2.95. The predicted octanol–water partition coefficient (Wildman–Crippen LogP) is 4.81. The number of nitrogens with two attached hydrogens (primary N) is 1. The highest BCUT2D eigenvalue weighted by atomic mass is 79.9. The molecule has 0 fully saturated rings. The van der Waals surface area contributed by atoms with Crippen LogP contribution in [-0.2, 0) is 0 Å². The lowest BCUT2D eigenvalue weighted by molar-refractivity contribution is 0.486. The summed E-state index contributed by atoms with van der Waals surface area (Å²) in [5.41, 5.74) is 7.82. The average molecular weight is 343 g/mol. The molecule has 1 atom stereocenters. The van der Waals surface area contributed by atoms with E-state index in [9.17, 15) is 0 Å². The van der Waals surface area contributed by atoms with Crippen LogP contribution < -0.4 is 10.5 Å². The third-order valence-corrected chi connectivity index (χ3v) is 3.97. The minimum Gasteiger partial charge on any atom is -0.455 e. The molecule has 0 spiro atoms. The van der Waals surface area contributed by atoms with Gasteiger partial charge in [0.05, 0.1) is 0 Å². The van der Waals surface area contributed by atoms with E-state index in [-0.39, 0.29) is 6.04 Å². The van der Waals surface area contributed by atoms with E-state index in [1.54, 1.807) is 6.20 Å². The number of rotatable bonds is 3. The number of halogens is 1. The molecule has 0 aliphatic rings. The van der Waals surface area contributed by atoms with E-state index in [1.165, 1.54) is 0 Å². The number of aromatic nitrogens is 1. The molecule has 2 N–H and O–H groups in total. The SMILES string of the molecule is CC(N)c1ccc(Oc2cccc3cccnc23)cc1Br. The Morgan fingerprint density at radius 1 is 1.14 bits per heavy atom. The van der Waals surface area contributed by atoms with Crippen LogP contribution in [0.15, 0.2) is 59.2 Å². The molecule has 4 heteroatoms. The van der Waals surface area contributed by atoms with Crippen molar-refractivity contribution in [2.24, 2.45) is 5.73 Å². The van der Waals surface area contributed by atoms with Gasteiger partial charge in [0.25, 0.3) is 0 Å². The van der Waals surface area contributed by atoms with Crippen molar-refractivity contribution in [3.05, 3.63) is 64.8 Å². The summed E-state index contributed by atoms with van der Waals surface area (Å²) in [6.07, 6.45) is 1.77. The number of hydrogen-bond acceptors (Lipinski definition) is 3. The molecule has 1 aromatic heterocycles. The van der Waals surface area contributed by atoms with Gasteiger partial charge in [-0.15, -0.1) is 0 Å².